The average molecular weight is 506 g/mol. The fourth-order valence-corrected chi connectivity index (χ4v) is 4.55. The Labute approximate surface area is 194 Å². The molecule has 0 unspecified atom stereocenters. The molecule has 5 aromatic rings. The number of benzene rings is 3. The van der Waals surface area contributed by atoms with E-state index >= 15 is 0 Å². The molecule has 0 aliphatic rings. The first kappa shape index (κ1) is 20.4. The topological polar surface area (TPSA) is 72.7 Å². The minimum absolute atomic E-state index is 0.0800. The number of imidazole rings is 1. The Balaban J connectivity index is 1.29. The second kappa shape index (κ2) is 8.57. The highest BCUT2D eigenvalue weighted by Crippen LogP contribution is 2.17. The second-order valence-electron chi connectivity index (χ2n) is 7.05. The molecule has 0 atom stereocenters. The van der Waals surface area contributed by atoms with Crippen LogP contribution in [0.25, 0.3) is 22.1 Å². The van der Waals surface area contributed by atoms with Gasteiger partial charge in [0.2, 0.25) is 0 Å². The largest absolute Gasteiger partial charge is 0.484 e. The molecular formula is C24H16BrN3O3S. The summed E-state index contributed by atoms with van der Waals surface area (Å²) in [5, 5.41) is 2.78. The van der Waals surface area contributed by atoms with Crippen molar-refractivity contribution in [2.75, 3.05) is 11.9 Å². The number of carbonyl (C=O) groups is 1. The van der Waals surface area contributed by atoms with E-state index in [9.17, 15) is 9.59 Å². The third kappa shape index (κ3) is 4.15. The Hall–Kier alpha value is -3.49. The summed E-state index contributed by atoms with van der Waals surface area (Å²) in [6, 6.07) is 22.2. The predicted octanol–water partition coefficient (Wildman–Crippen LogP) is 4.24. The minimum atomic E-state index is -0.242. The average Bonchev–Trinajstić information content (AvgIpc) is 3.31. The van der Waals surface area contributed by atoms with Crippen LogP contribution >= 0.6 is 27.3 Å². The van der Waals surface area contributed by atoms with Crippen LogP contribution in [0.15, 0.2) is 82.1 Å². The van der Waals surface area contributed by atoms with E-state index in [1.165, 1.54) is 11.3 Å². The summed E-state index contributed by atoms with van der Waals surface area (Å²) in [4.78, 5) is 30.1. The van der Waals surface area contributed by atoms with Gasteiger partial charge in [0.05, 0.1) is 15.6 Å². The van der Waals surface area contributed by atoms with Gasteiger partial charge >= 0.3 is 0 Å². The molecule has 0 saturated heterocycles. The van der Waals surface area contributed by atoms with Crippen molar-refractivity contribution in [3.05, 3.63) is 97.7 Å². The van der Waals surface area contributed by atoms with Gasteiger partial charge in [0.15, 0.2) is 11.6 Å². The standard InChI is InChI=1S/C24H16BrN3O3S/c25-16-7-9-17(10-8-16)26-22(29)14-31-18-11-5-15(6-12-18)13-21-23(30)28-20-4-2-1-3-19(20)27-24(28)32-21/h1-13H,14H2,(H,26,29)/b21-13+. The smallest absolute Gasteiger partial charge is 0.274 e. The lowest BCUT2D eigenvalue weighted by atomic mass is 10.2. The molecular weight excluding hydrogens is 490 g/mol. The van der Waals surface area contributed by atoms with Gasteiger partial charge in [-0.2, -0.15) is 0 Å². The lowest BCUT2D eigenvalue weighted by Crippen LogP contribution is -2.22. The quantitative estimate of drug-likeness (QED) is 0.387. The Kier molecular flexibility index (Phi) is 5.46. The van der Waals surface area contributed by atoms with E-state index in [1.54, 1.807) is 16.5 Å². The highest BCUT2D eigenvalue weighted by molar-refractivity contribution is 9.10. The maximum absolute atomic E-state index is 12.9. The first-order valence-electron chi connectivity index (χ1n) is 9.77. The van der Waals surface area contributed by atoms with Crippen LogP contribution in [0.5, 0.6) is 5.75 Å². The summed E-state index contributed by atoms with van der Waals surface area (Å²) in [5.41, 5.74) is 3.11. The molecule has 1 amide bonds. The van der Waals surface area contributed by atoms with Crippen molar-refractivity contribution in [2.45, 2.75) is 0 Å². The van der Waals surface area contributed by atoms with Crippen molar-refractivity contribution in [3.63, 3.8) is 0 Å². The van der Waals surface area contributed by atoms with Crippen molar-refractivity contribution >= 4 is 60.9 Å². The molecule has 0 aliphatic heterocycles. The monoisotopic (exact) mass is 505 g/mol. The van der Waals surface area contributed by atoms with E-state index in [1.807, 2.05) is 66.7 Å². The number of fused-ring (bicyclic) bond motifs is 3. The Morgan fingerprint density at radius 2 is 1.81 bits per heavy atom. The van der Waals surface area contributed by atoms with Gasteiger partial charge in [-0.15, -0.1) is 0 Å². The van der Waals surface area contributed by atoms with Crippen LogP contribution in [0.1, 0.15) is 5.56 Å². The molecule has 5 rings (SSSR count). The number of nitrogens with one attached hydrogen (secondary N) is 1. The van der Waals surface area contributed by atoms with Crippen LogP contribution in [0.3, 0.4) is 0 Å². The number of halogens is 1. The number of nitrogens with zero attached hydrogens (tertiary/aromatic N) is 2. The third-order valence-corrected chi connectivity index (χ3v) is 6.32. The summed E-state index contributed by atoms with van der Waals surface area (Å²) < 4.78 is 8.77. The molecule has 3 aromatic carbocycles. The number of carbonyl (C=O) groups excluding carboxylic acids is 1. The molecule has 2 aromatic heterocycles. The highest BCUT2D eigenvalue weighted by Gasteiger charge is 2.10. The maximum Gasteiger partial charge on any atom is 0.274 e. The van der Waals surface area contributed by atoms with E-state index in [-0.39, 0.29) is 18.1 Å². The van der Waals surface area contributed by atoms with Gasteiger partial charge in [-0.05, 0) is 60.2 Å². The number of anilines is 1. The number of ether oxygens (including phenoxy) is 1. The molecule has 0 radical (unpaired) electrons. The van der Waals surface area contributed by atoms with Crippen LogP contribution in [-0.2, 0) is 4.79 Å². The van der Waals surface area contributed by atoms with Gasteiger partial charge in [-0.3, -0.25) is 9.59 Å². The molecule has 0 bridgehead atoms. The van der Waals surface area contributed by atoms with Crippen molar-refractivity contribution in [2.24, 2.45) is 0 Å². The minimum Gasteiger partial charge on any atom is -0.484 e. The van der Waals surface area contributed by atoms with Gasteiger partial charge in [0.25, 0.3) is 11.5 Å². The van der Waals surface area contributed by atoms with E-state index in [4.69, 9.17) is 4.74 Å². The van der Waals surface area contributed by atoms with E-state index in [0.717, 1.165) is 21.1 Å². The third-order valence-electron chi connectivity index (χ3n) is 4.82. The fraction of sp³-hybridized carbons (Fsp3) is 0.0417. The van der Waals surface area contributed by atoms with E-state index in [0.29, 0.717) is 20.9 Å². The van der Waals surface area contributed by atoms with Gasteiger partial charge in [-0.1, -0.05) is 51.5 Å². The van der Waals surface area contributed by atoms with Crippen molar-refractivity contribution < 1.29 is 9.53 Å². The number of hydrogen-bond donors (Lipinski definition) is 1. The number of para-hydroxylation sites is 2. The second-order valence-corrected chi connectivity index (χ2v) is 8.97. The van der Waals surface area contributed by atoms with E-state index < -0.39 is 0 Å². The summed E-state index contributed by atoms with van der Waals surface area (Å²) in [6.45, 7) is -0.0982. The molecule has 2 heterocycles. The van der Waals surface area contributed by atoms with Crippen LogP contribution in [0, 0.1) is 0 Å². The molecule has 0 spiro atoms. The molecule has 8 heteroatoms. The van der Waals surface area contributed by atoms with Crippen LogP contribution in [0.2, 0.25) is 0 Å². The van der Waals surface area contributed by atoms with Gasteiger partial charge in [0.1, 0.15) is 5.75 Å². The van der Waals surface area contributed by atoms with Crippen LogP contribution < -0.4 is 20.1 Å². The van der Waals surface area contributed by atoms with E-state index in [2.05, 4.69) is 26.2 Å². The van der Waals surface area contributed by atoms with Crippen molar-refractivity contribution in [1.82, 2.24) is 9.38 Å². The Bertz CT molecular complexity index is 1540. The van der Waals surface area contributed by atoms with Crippen LogP contribution in [-0.4, -0.2) is 21.9 Å². The Morgan fingerprint density at radius 3 is 2.59 bits per heavy atom. The van der Waals surface area contributed by atoms with Crippen molar-refractivity contribution in [3.8, 4) is 5.75 Å². The molecule has 1 N–H and O–H groups in total. The molecule has 32 heavy (non-hydrogen) atoms. The van der Waals surface area contributed by atoms with Gasteiger partial charge in [-0.25, -0.2) is 9.38 Å². The van der Waals surface area contributed by atoms with Gasteiger partial charge < -0.3 is 10.1 Å². The summed E-state index contributed by atoms with van der Waals surface area (Å²) >= 11 is 4.72. The molecule has 6 nitrogen and oxygen atoms in total. The first-order valence-corrected chi connectivity index (χ1v) is 11.4. The zero-order valence-electron chi connectivity index (χ0n) is 16.6. The molecule has 158 valence electrons. The number of thiazole rings is 1. The lowest BCUT2D eigenvalue weighted by Gasteiger charge is -2.08. The zero-order valence-corrected chi connectivity index (χ0v) is 19.0. The number of hydrogen-bond acceptors (Lipinski definition) is 5. The zero-order chi connectivity index (χ0) is 22.1. The number of aromatic nitrogens is 2. The summed E-state index contributed by atoms with van der Waals surface area (Å²) in [5.74, 6) is 0.329. The lowest BCUT2D eigenvalue weighted by molar-refractivity contribution is -0.118. The Morgan fingerprint density at radius 1 is 1.06 bits per heavy atom. The van der Waals surface area contributed by atoms with Crippen LogP contribution in [0.4, 0.5) is 5.69 Å². The maximum atomic E-state index is 12.9. The first-order chi connectivity index (χ1) is 15.6. The SMILES string of the molecule is O=C(COc1ccc(/C=c2/sc3nc4ccccc4n3c2=O)cc1)Nc1ccc(Br)cc1. The molecule has 0 saturated carbocycles. The highest BCUT2D eigenvalue weighted by atomic mass is 79.9. The van der Waals surface area contributed by atoms with Gasteiger partial charge in [0, 0.05) is 10.2 Å². The fourth-order valence-electron chi connectivity index (χ4n) is 3.30. The summed E-state index contributed by atoms with van der Waals surface area (Å²) in [6.07, 6.45) is 1.83. The predicted molar refractivity (Wildman–Crippen MR) is 130 cm³/mol. The van der Waals surface area contributed by atoms with Crippen molar-refractivity contribution in [1.29, 1.82) is 0 Å². The molecule has 0 aliphatic carbocycles. The molecule has 0 fully saturated rings. The normalized spacial score (nSPS) is 11.8. The summed E-state index contributed by atoms with van der Waals surface area (Å²) in [7, 11) is 0. The number of amides is 1. The number of rotatable bonds is 5.